The average Bonchev–Trinajstić information content (AvgIpc) is 2.65. The van der Waals surface area contributed by atoms with Crippen molar-refractivity contribution in [3.63, 3.8) is 0 Å². The Bertz CT molecular complexity index is 877. The van der Waals surface area contributed by atoms with Crippen LogP contribution >= 0.6 is 0 Å². The third kappa shape index (κ3) is 5.41. The molecule has 1 aliphatic carbocycles. The van der Waals surface area contributed by atoms with Gasteiger partial charge in [-0.05, 0) is 57.9 Å². The van der Waals surface area contributed by atoms with E-state index in [2.05, 4.69) is 20.6 Å². The molecule has 1 amide bonds. The fraction of sp³-hybridized carbons (Fsp3) is 0.450. The molecule has 10 heteroatoms. The van der Waals surface area contributed by atoms with Gasteiger partial charge in [-0.1, -0.05) is 0 Å². The molecule has 1 heterocycles. The summed E-state index contributed by atoms with van der Waals surface area (Å²) in [5, 5.41) is 7.51. The molecule has 0 radical (unpaired) electrons. The standard InChI is InChI=1S/C20H29N7O3/c1-20(2,3)30-19(28)25-13-9-12(10-13)24-18-23-11-16(21)17(26-18)27(22)14-5-7-15(29-4)8-6-14/h5-8,11-13H,9-10,21-22H2,1-4H3,(H,25,28)(H,23,24,26). The lowest BCUT2D eigenvalue weighted by atomic mass is 9.87. The van der Waals surface area contributed by atoms with E-state index in [1.165, 1.54) is 11.2 Å². The number of anilines is 4. The number of ether oxygens (including phenoxy) is 2. The van der Waals surface area contributed by atoms with Gasteiger partial charge in [-0.3, -0.25) is 5.01 Å². The summed E-state index contributed by atoms with van der Waals surface area (Å²) in [5.74, 6) is 7.75. The number of aromatic nitrogens is 2. The number of methoxy groups -OCH3 is 1. The molecule has 0 aliphatic heterocycles. The summed E-state index contributed by atoms with van der Waals surface area (Å²) in [7, 11) is 1.60. The van der Waals surface area contributed by atoms with Gasteiger partial charge in [0, 0.05) is 12.1 Å². The van der Waals surface area contributed by atoms with Crippen LogP contribution in [0.2, 0.25) is 0 Å². The maximum Gasteiger partial charge on any atom is 0.407 e. The Kier molecular flexibility index (Phi) is 6.16. The van der Waals surface area contributed by atoms with E-state index in [0.29, 0.717) is 23.1 Å². The topological polar surface area (TPSA) is 141 Å². The molecule has 10 nitrogen and oxygen atoms in total. The van der Waals surface area contributed by atoms with Crippen molar-refractivity contribution in [1.82, 2.24) is 15.3 Å². The highest BCUT2D eigenvalue weighted by molar-refractivity contribution is 5.71. The van der Waals surface area contributed by atoms with Crippen molar-refractivity contribution >= 4 is 29.2 Å². The summed E-state index contributed by atoms with van der Waals surface area (Å²) in [6.45, 7) is 5.50. The molecule has 30 heavy (non-hydrogen) atoms. The van der Waals surface area contributed by atoms with Crippen LogP contribution in [0.4, 0.5) is 27.9 Å². The Morgan fingerprint density at radius 1 is 1.20 bits per heavy atom. The molecular formula is C20H29N7O3. The van der Waals surface area contributed by atoms with Crippen LogP contribution in [0.5, 0.6) is 5.75 Å². The molecular weight excluding hydrogens is 386 g/mol. The molecule has 0 spiro atoms. The molecule has 0 atom stereocenters. The molecule has 0 bridgehead atoms. The molecule has 2 aromatic rings. The van der Waals surface area contributed by atoms with Crippen molar-refractivity contribution in [2.75, 3.05) is 23.2 Å². The monoisotopic (exact) mass is 415 g/mol. The summed E-state index contributed by atoms with van der Waals surface area (Å²) >= 11 is 0. The lowest BCUT2D eigenvalue weighted by molar-refractivity contribution is 0.0475. The lowest BCUT2D eigenvalue weighted by Gasteiger charge is -2.36. The smallest absolute Gasteiger partial charge is 0.407 e. The van der Waals surface area contributed by atoms with Crippen LogP contribution in [-0.2, 0) is 4.74 Å². The molecule has 1 aromatic carbocycles. The predicted octanol–water partition coefficient (Wildman–Crippen LogP) is 2.55. The number of benzene rings is 1. The van der Waals surface area contributed by atoms with Gasteiger partial charge < -0.3 is 25.8 Å². The highest BCUT2D eigenvalue weighted by Crippen LogP contribution is 2.29. The van der Waals surface area contributed by atoms with Crippen molar-refractivity contribution in [3.05, 3.63) is 30.5 Å². The quantitative estimate of drug-likeness (QED) is 0.414. The van der Waals surface area contributed by atoms with Crippen LogP contribution in [0.25, 0.3) is 0 Å². The van der Waals surface area contributed by atoms with Crippen molar-refractivity contribution in [2.45, 2.75) is 51.3 Å². The van der Waals surface area contributed by atoms with E-state index in [1.54, 1.807) is 19.2 Å². The van der Waals surface area contributed by atoms with Gasteiger partial charge in [-0.2, -0.15) is 4.98 Å². The van der Waals surface area contributed by atoms with Gasteiger partial charge in [-0.15, -0.1) is 0 Å². The SMILES string of the molecule is COc1ccc(N(N)c2nc(NC3CC(NC(=O)OC(C)(C)C)C3)ncc2N)cc1. The van der Waals surface area contributed by atoms with E-state index >= 15 is 0 Å². The molecule has 1 saturated carbocycles. The molecule has 0 saturated heterocycles. The Labute approximate surface area is 175 Å². The minimum Gasteiger partial charge on any atom is -0.497 e. The Hall–Kier alpha value is -3.27. The zero-order valence-corrected chi connectivity index (χ0v) is 17.7. The van der Waals surface area contributed by atoms with E-state index in [1.807, 2.05) is 32.9 Å². The lowest BCUT2D eigenvalue weighted by Crippen LogP contribution is -2.50. The van der Waals surface area contributed by atoms with Crippen LogP contribution < -0.4 is 32.0 Å². The summed E-state index contributed by atoms with van der Waals surface area (Å²) in [5.41, 5.74) is 6.58. The Morgan fingerprint density at radius 3 is 2.47 bits per heavy atom. The van der Waals surface area contributed by atoms with Gasteiger partial charge in [0.15, 0.2) is 5.82 Å². The summed E-state index contributed by atoms with van der Waals surface area (Å²) in [4.78, 5) is 20.5. The normalized spacial score (nSPS) is 18.2. The maximum atomic E-state index is 11.8. The number of nitrogen functional groups attached to an aromatic ring is 1. The van der Waals surface area contributed by atoms with Gasteiger partial charge in [0.25, 0.3) is 0 Å². The Balaban J connectivity index is 1.58. The average molecular weight is 415 g/mol. The zero-order valence-electron chi connectivity index (χ0n) is 17.7. The number of carbonyl (C=O) groups is 1. The predicted molar refractivity (Wildman–Crippen MR) is 116 cm³/mol. The van der Waals surface area contributed by atoms with E-state index in [-0.39, 0.29) is 12.1 Å². The van der Waals surface area contributed by atoms with E-state index in [9.17, 15) is 4.79 Å². The van der Waals surface area contributed by atoms with E-state index in [4.69, 9.17) is 21.1 Å². The highest BCUT2D eigenvalue weighted by Gasteiger charge is 2.32. The summed E-state index contributed by atoms with van der Waals surface area (Å²) in [6.07, 6.45) is 2.60. The number of amides is 1. The minimum atomic E-state index is -0.516. The number of alkyl carbamates (subject to hydrolysis) is 1. The highest BCUT2D eigenvalue weighted by atomic mass is 16.6. The largest absolute Gasteiger partial charge is 0.497 e. The zero-order chi connectivity index (χ0) is 21.9. The fourth-order valence-electron chi connectivity index (χ4n) is 3.02. The minimum absolute atomic E-state index is 0.0518. The third-order valence-corrected chi connectivity index (χ3v) is 4.57. The molecule has 1 aromatic heterocycles. The number of nitrogens with two attached hydrogens (primary N) is 2. The number of hydrogen-bond acceptors (Lipinski definition) is 9. The maximum absolute atomic E-state index is 11.8. The number of carbonyl (C=O) groups excluding carboxylic acids is 1. The van der Waals surface area contributed by atoms with Crippen molar-refractivity contribution in [2.24, 2.45) is 5.84 Å². The first-order valence-corrected chi connectivity index (χ1v) is 9.72. The number of rotatable bonds is 6. The number of nitrogens with zero attached hydrogens (tertiary/aromatic N) is 3. The molecule has 3 rings (SSSR count). The van der Waals surface area contributed by atoms with Crippen molar-refractivity contribution in [3.8, 4) is 5.75 Å². The molecule has 1 fully saturated rings. The number of hydrazine groups is 1. The van der Waals surface area contributed by atoms with Gasteiger partial charge >= 0.3 is 6.09 Å². The third-order valence-electron chi connectivity index (χ3n) is 4.57. The molecule has 6 N–H and O–H groups in total. The van der Waals surface area contributed by atoms with E-state index in [0.717, 1.165) is 18.6 Å². The summed E-state index contributed by atoms with van der Waals surface area (Å²) < 4.78 is 10.4. The van der Waals surface area contributed by atoms with Crippen molar-refractivity contribution < 1.29 is 14.3 Å². The summed E-state index contributed by atoms with van der Waals surface area (Å²) in [6, 6.07) is 7.42. The first kappa shape index (κ1) is 21.4. The Morgan fingerprint density at radius 2 is 1.87 bits per heavy atom. The second kappa shape index (κ2) is 8.62. The molecule has 162 valence electrons. The van der Waals surface area contributed by atoms with Crippen LogP contribution in [0, 0.1) is 0 Å². The second-order valence-electron chi connectivity index (χ2n) is 8.20. The second-order valence-corrected chi connectivity index (χ2v) is 8.20. The first-order valence-electron chi connectivity index (χ1n) is 9.72. The molecule has 1 aliphatic rings. The molecule has 0 unspecified atom stereocenters. The van der Waals surface area contributed by atoms with E-state index < -0.39 is 11.7 Å². The number of hydrogen-bond donors (Lipinski definition) is 4. The number of nitrogens with one attached hydrogen (secondary N) is 2. The van der Waals surface area contributed by atoms with Gasteiger partial charge in [0.05, 0.1) is 24.7 Å². The van der Waals surface area contributed by atoms with Crippen LogP contribution in [0.1, 0.15) is 33.6 Å². The van der Waals surface area contributed by atoms with Gasteiger partial charge in [0.1, 0.15) is 11.4 Å². The van der Waals surface area contributed by atoms with Crippen molar-refractivity contribution in [1.29, 1.82) is 0 Å². The first-order chi connectivity index (χ1) is 14.1. The van der Waals surface area contributed by atoms with Crippen LogP contribution in [0.3, 0.4) is 0 Å². The van der Waals surface area contributed by atoms with Gasteiger partial charge in [-0.25, -0.2) is 15.6 Å². The van der Waals surface area contributed by atoms with Gasteiger partial charge in [0.2, 0.25) is 5.95 Å². The van der Waals surface area contributed by atoms with Crippen LogP contribution in [-0.4, -0.2) is 40.9 Å². The fourth-order valence-corrected chi connectivity index (χ4v) is 3.02. The van der Waals surface area contributed by atoms with Crippen LogP contribution in [0.15, 0.2) is 30.5 Å².